The Morgan fingerprint density at radius 1 is 1.14 bits per heavy atom. The molecule has 1 aromatic rings. The summed E-state index contributed by atoms with van der Waals surface area (Å²) in [5.74, 6) is 0. The van der Waals surface area contributed by atoms with Gasteiger partial charge in [0.25, 0.3) is 0 Å². The third-order valence-corrected chi connectivity index (χ3v) is 5.27. The van der Waals surface area contributed by atoms with Gasteiger partial charge in [-0.1, -0.05) is 30.3 Å². The molecule has 0 aliphatic heterocycles. The molecule has 0 spiro atoms. The van der Waals surface area contributed by atoms with E-state index >= 15 is 0 Å². The van der Waals surface area contributed by atoms with E-state index in [0.717, 1.165) is 6.04 Å². The van der Waals surface area contributed by atoms with Crippen molar-refractivity contribution < 1.29 is 8.85 Å². The summed E-state index contributed by atoms with van der Waals surface area (Å²) in [6.45, 7) is 0. The predicted octanol–water partition coefficient (Wildman–Crippen LogP) is 1.22. The van der Waals surface area contributed by atoms with Gasteiger partial charge < -0.3 is 8.85 Å². The first-order valence-electron chi connectivity index (χ1n) is 4.59. The van der Waals surface area contributed by atoms with E-state index in [1.54, 1.807) is 14.2 Å². The second kappa shape index (κ2) is 5.26. The third kappa shape index (κ3) is 2.65. The van der Waals surface area contributed by atoms with Crippen LogP contribution in [0.1, 0.15) is 5.56 Å². The molecule has 0 heterocycles. The Morgan fingerprint density at radius 3 is 2.14 bits per heavy atom. The third-order valence-electron chi connectivity index (χ3n) is 2.32. The molecule has 1 aromatic carbocycles. The van der Waals surface area contributed by atoms with Crippen LogP contribution in [0.15, 0.2) is 30.3 Å². The maximum absolute atomic E-state index is 5.45. The van der Waals surface area contributed by atoms with Gasteiger partial charge in [0.1, 0.15) is 0 Å². The van der Waals surface area contributed by atoms with Gasteiger partial charge >= 0.3 is 8.72 Å². The normalized spacial score (nSPS) is 11.6. The monoisotopic (exact) mass is 211 g/mol. The van der Waals surface area contributed by atoms with Crippen molar-refractivity contribution in [3.05, 3.63) is 35.9 Å². The van der Waals surface area contributed by atoms with E-state index in [4.69, 9.17) is 8.85 Å². The van der Waals surface area contributed by atoms with Crippen molar-refractivity contribution in [2.24, 2.45) is 0 Å². The molecule has 0 radical (unpaired) electrons. The van der Waals surface area contributed by atoms with Crippen molar-refractivity contribution in [1.29, 1.82) is 0 Å². The maximum atomic E-state index is 5.45. The fourth-order valence-electron chi connectivity index (χ4n) is 1.38. The Labute approximate surface area is 86.4 Å². The average molecular weight is 211 g/mol. The van der Waals surface area contributed by atoms with Gasteiger partial charge in [-0.2, -0.15) is 0 Å². The summed E-state index contributed by atoms with van der Waals surface area (Å²) >= 11 is 0. The SMILES string of the molecule is CN[Si](Cc1ccccc1)(OC)OC. The minimum atomic E-state index is -2.21. The lowest BCUT2D eigenvalue weighted by molar-refractivity contribution is 0.230. The smallest absolute Gasteiger partial charge is 0.386 e. The first-order valence-corrected chi connectivity index (χ1v) is 6.62. The van der Waals surface area contributed by atoms with E-state index < -0.39 is 8.72 Å². The van der Waals surface area contributed by atoms with Crippen LogP contribution in [0.3, 0.4) is 0 Å². The molecular formula is C10H17NO2Si. The number of hydrogen-bond donors (Lipinski definition) is 1. The van der Waals surface area contributed by atoms with E-state index in [9.17, 15) is 0 Å². The zero-order valence-corrected chi connectivity index (χ0v) is 9.91. The summed E-state index contributed by atoms with van der Waals surface area (Å²) in [4.78, 5) is 3.16. The van der Waals surface area contributed by atoms with E-state index in [0.29, 0.717) is 0 Å². The lowest BCUT2D eigenvalue weighted by atomic mass is 10.2. The minimum Gasteiger partial charge on any atom is -0.386 e. The zero-order chi connectivity index (χ0) is 10.4. The molecule has 0 unspecified atom stereocenters. The molecule has 0 aliphatic rings. The molecule has 1 N–H and O–H groups in total. The van der Waals surface area contributed by atoms with Crippen LogP contribution in [-0.4, -0.2) is 30.0 Å². The van der Waals surface area contributed by atoms with Crippen molar-refractivity contribution in [3.63, 3.8) is 0 Å². The number of nitrogens with one attached hydrogen (secondary N) is 1. The summed E-state index contributed by atoms with van der Waals surface area (Å²) in [7, 11) is 3.05. The molecule has 0 saturated carbocycles. The molecule has 0 saturated heterocycles. The van der Waals surface area contributed by atoms with Crippen LogP contribution in [-0.2, 0) is 14.9 Å². The second-order valence-electron chi connectivity index (χ2n) is 3.07. The quantitative estimate of drug-likeness (QED) is 0.743. The standard InChI is InChI=1S/C10H17NO2Si/c1-11-14(12-2,13-3)9-10-7-5-4-6-8-10/h4-8,11H,9H2,1-3H3. The molecule has 4 heteroatoms. The summed E-state index contributed by atoms with van der Waals surface area (Å²) in [6.07, 6.45) is 0. The highest BCUT2D eigenvalue weighted by Gasteiger charge is 2.34. The van der Waals surface area contributed by atoms with Crippen molar-refractivity contribution in [2.75, 3.05) is 21.3 Å². The second-order valence-corrected chi connectivity index (χ2v) is 6.25. The van der Waals surface area contributed by atoms with Crippen molar-refractivity contribution in [1.82, 2.24) is 4.98 Å². The summed E-state index contributed by atoms with van der Waals surface area (Å²) in [6, 6.07) is 11.0. The zero-order valence-electron chi connectivity index (χ0n) is 8.91. The highest BCUT2D eigenvalue weighted by Crippen LogP contribution is 2.10. The van der Waals surface area contributed by atoms with E-state index in [-0.39, 0.29) is 0 Å². The van der Waals surface area contributed by atoms with Gasteiger partial charge in [-0.3, -0.25) is 4.98 Å². The van der Waals surface area contributed by atoms with Gasteiger partial charge in [-0.05, 0) is 12.6 Å². The van der Waals surface area contributed by atoms with E-state index in [2.05, 4.69) is 17.1 Å². The Kier molecular flexibility index (Phi) is 4.28. The fourth-order valence-corrected chi connectivity index (χ4v) is 3.20. The summed E-state index contributed by atoms with van der Waals surface area (Å²) in [5, 5.41) is 0. The number of benzene rings is 1. The molecule has 14 heavy (non-hydrogen) atoms. The molecule has 3 nitrogen and oxygen atoms in total. The molecule has 78 valence electrons. The fraction of sp³-hybridized carbons (Fsp3) is 0.400. The molecule has 0 aliphatic carbocycles. The number of rotatable bonds is 5. The van der Waals surface area contributed by atoms with Crippen molar-refractivity contribution in [3.8, 4) is 0 Å². The highest BCUT2D eigenvalue weighted by molar-refractivity contribution is 6.64. The van der Waals surface area contributed by atoms with Crippen LogP contribution in [0.5, 0.6) is 0 Å². The molecule has 0 aromatic heterocycles. The lowest BCUT2D eigenvalue weighted by Gasteiger charge is -2.25. The molecule has 0 amide bonds. The maximum Gasteiger partial charge on any atom is 0.428 e. The topological polar surface area (TPSA) is 30.5 Å². The van der Waals surface area contributed by atoms with E-state index in [1.165, 1.54) is 5.56 Å². The summed E-state index contributed by atoms with van der Waals surface area (Å²) < 4.78 is 10.9. The first kappa shape index (κ1) is 11.4. The molecule has 0 bridgehead atoms. The highest BCUT2D eigenvalue weighted by atomic mass is 28.4. The predicted molar refractivity (Wildman–Crippen MR) is 59.0 cm³/mol. The lowest BCUT2D eigenvalue weighted by Crippen LogP contribution is -2.55. The van der Waals surface area contributed by atoms with Gasteiger partial charge in [-0.25, -0.2) is 0 Å². The molecule has 0 atom stereocenters. The summed E-state index contributed by atoms with van der Waals surface area (Å²) in [5.41, 5.74) is 1.23. The Balaban J connectivity index is 2.74. The van der Waals surface area contributed by atoms with Gasteiger partial charge in [0.15, 0.2) is 0 Å². The van der Waals surface area contributed by atoms with Crippen LogP contribution in [0, 0.1) is 0 Å². The Hall–Kier alpha value is -0.683. The van der Waals surface area contributed by atoms with Gasteiger partial charge in [0, 0.05) is 20.3 Å². The molecule has 1 rings (SSSR count). The Bertz CT molecular complexity index is 254. The Morgan fingerprint density at radius 2 is 1.71 bits per heavy atom. The molecule has 0 fully saturated rings. The van der Waals surface area contributed by atoms with Gasteiger partial charge in [0.2, 0.25) is 0 Å². The van der Waals surface area contributed by atoms with Crippen LogP contribution < -0.4 is 4.98 Å². The van der Waals surface area contributed by atoms with Crippen molar-refractivity contribution >= 4 is 8.72 Å². The van der Waals surface area contributed by atoms with Crippen LogP contribution in [0.25, 0.3) is 0 Å². The van der Waals surface area contributed by atoms with Gasteiger partial charge in [0.05, 0.1) is 0 Å². The first-order chi connectivity index (χ1) is 6.76. The van der Waals surface area contributed by atoms with Gasteiger partial charge in [-0.15, -0.1) is 0 Å². The van der Waals surface area contributed by atoms with Crippen LogP contribution in [0.2, 0.25) is 0 Å². The number of hydrogen-bond acceptors (Lipinski definition) is 3. The van der Waals surface area contributed by atoms with Crippen LogP contribution in [0.4, 0.5) is 0 Å². The molecular weight excluding hydrogens is 194 g/mol. The van der Waals surface area contributed by atoms with Crippen molar-refractivity contribution in [2.45, 2.75) is 6.04 Å². The average Bonchev–Trinajstić information content (AvgIpc) is 2.28. The van der Waals surface area contributed by atoms with E-state index in [1.807, 2.05) is 25.2 Å². The van der Waals surface area contributed by atoms with Crippen LogP contribution >= 0.6 is 0 Å². The largest absolute Gasteiger partial charge is 0.428 e. The minimum absolute atomic E-state index is 0.817.